The second-order valence-electron chi connectivity index (χ2n) is 4.21. The Labute approximate surface area is 111 Å². The average molecular weight is 260 g/mol. The average Bonchev–Trinajstić information content (AvgIpc) is 2.85. The fourth-order valence-electron chi connectivity index (χ4n) is 1.69. The molecule has 5 nitrogen and oxygen atoms in total. The third-order valence-corrected chi connectivity index (χ3v) is 2.72. The van der Waals surface area contributed by atoms with E-state index in [1.807, 2.05) is 37.4 Å². The van der Waals surface area contributed by atoms with E-state index < -0.39 is 5.97 Å². The molecule has 0 fully saturated rings. The van der Waals surface area contributed by atoms with Gasteiger partial charge in [-0.2, -0.15) is 5.10 Å². The Bertz CT molecular complexity index is 546. The lowest BCUT2D eigenvalue weighted by Crippen LogP contribution is -2.00. The lowest BCUT2D eigenvalue weighted by Gasteiger charge is -2.04. The zero-order valence-corrected chi connectivity index (χ0v) is 10.7. The lowest BCUT2D eigenvalue weighted by molar-refractivity contribution is -0.136. The van der Waals surface area contributed by atoms with Gasteiger partial charge in [-0.1, -0.05) is 24.3 Å². The molecule has 0 radical (unpaired) electrons. The van der Waals surface area contributed by atoms with Gasteiger partial charge in [-0.25, -0.2) is 0 Å². The molecule has 0 saturated heterocycles. The van der Waals surface area contributed by atoms with E-state index in [1.54, 1.807) is 10.9 Å². The number of carbonyl (C=O) groups is 1. The highest BCUT2D eigenvalue weighted by Gasteiger charge is 2.02. The van der Waals surface area contributed by atoms with Crippen LogP contribution in [0.15, 0.2) is 36.7 Å². The molecule has 0 unspecified atom stereocenters. The van der Waals surface area contributed by atoms with Crippen molar-refractivity contribution in [2.75, 3.05) is 0 Å². The first-order valence-electron chi connectivity index (χ1n) is 6.12. The molecule has 19 heavy (non-hydrogen) atoms. The highest BCUT2D eigenvalue weighted by Crippen LogP contribution is 2.12. The maximum absolute atomic E-state index is 10.6. The molecule has 0 aliphatic heterocycles. The van der Waals surface area contributed by atoms with Crippen LogP contribution in [0, 0.1) is 0 Å². The Hall–Kier alpha value is -2.30. The van der Waals surface area contributed by atoms with Crippen LogP contribution >= 0.6 is 0 Å². The van der Waals surface area contributed by atoms with Gasteiger partial charge in [0.05, 0.1) is 18.8 Å². The number of carboxylic acid groups (broad SMARTS) is 1. The first kappa shape index (κ1) is 13.1. The largest absolute Gasteiger partial charge is 0.486 e. The molecular weight excluding hydrogens is 244 g/mol. The molecule has 0 saturated carbocycles. The molecular formula is C14H16N2O3. The van der Waals surface area contributed by atoms with Gasteiger partial charge in [0.15, 0.2) is 5.75 Å². The maximum Gasteiger partial charge on any atom is 0.307 e. The summed E-state index contributed by atoms with van der Waals surface area (Å²) < 4.78 is 7.39. The highest BCUT2D eigenvalue weighted by atomic mass is 16.5. The summed E-state index contributed by atoms with van der Waals surface area (Å²) in [7, 11) is 0. The van der Waals surface area contributed by atoms with Gasteiger partial charge in [0.25, 0.3) is 0 Å². The van der Waals surface area contributed by atoms with Gasteiger partial charge in [0.2, 0.25) is 0 Å². The van der Waals surface area contributed by atoms with Crippen molar-refractivity contribution in [1.29, 1.82) is 0 Å². The lowest BCUT2D eigenvalue weighted by atomic mass is 10.1. The summed E-state index contributed by atoms with van der Waals surface area (Å²) in [5.41, 5.74) is 1.79. The molecule has 100 valence electrons. The van der Waals surface area contributed by atoms with Crippen molar-refractivity contribution in [1.82, 2.24) is 9.78 Å². The van der Waals surface area contributed by atoms with Gasteiger partial charge in [0.1, 0.15) is 6.61 Å². The van der Waals surface area contributed by atoms with Crippen molar-refractivity contribution < 1.29 is 14.6 Å². The van der Waals surface area contributed by atoms with Crippen LogP contribution < -0.4 is 4.74 Å². The minimum Gasteiger partial charge on any atom is -0.486 e. The Kier molecular flexibility index (Phi) is 4.18. The van der Waals surface area contributed by atoms with Crippen molar-refractivity contribution in [2.24, 2.45) is 0 Å². The Morgan fingerprint density at radius 3 is 2.58 bits per heavy atom. The fraction of sp³-hybridized carbons (Fsp3) is 0.286. The standard InChI is InChI=1S/C14H16N2O3/c1-2-16-9-13(8-15-16)19-10-12-5-3-11(4-6-12)7-14(17)18/h3-6,8-9H,2,7,10H2,1H3,(H,17,18). The number of rotatable bonds is 6. The second-order valence-corrected chi connectivity index (χ2v) is 4.21. The highest BCUT2D eigenvalue weighted by molar-refractivity contribution is 5.70. The van der Waals surface area contributed by atoms with Crippen molar-refractivity contribution in [3.05, 3.63) is 47.8 Å². The molecule has 2 aromatic rings. The summed E-state index contributed by atoms with van der Waals surface area (Å²) in [6.45, 7) is 3.27. The minimum absolute atomic E-state index is 0.0460. The molecule has 1 N–H and O–H groups in total. The quantitative estimate of drug-likeness (QED) is 0.864. The van der Waals surface area contributed by atoms with E-state index in [1.165, 1.54) is 0 Å². The number of hydrogen-bond donors (Lipinski definition) is 1. The second kappa shape index (κ2) is 6.04. The minimum atomic E-state index is -0.823. The molecule has 0 amide bonds. The summed E-state index contributed by atoms with van der Waals surface area (Å²) in [6.07, 6.45) is 3.57. The van der Waals surface area contributed by atoms with Gasteiger partial charge in [-0.3, -0.25) is 9.48 Å². The predicted molar refractivity (Wildman–Crippen MR) is 70.0 cm³/mol. The van der Waals surface area contributed by atoms with Crippen molar-refractivity contribution in [3.8, 4) is 5.75 Å². The summed E-state index contributed by atoms with van der Waals surface area (Å²) in [6, 6.07) is 7.37. The monoisotopic (exact) mass is 260 g/mol. The van der Waals surface area contributed by atoms with E-state index in [4.69, 9.17) is 9.84 Å². The first-order valence-corrected chi connectivity index (χ1v) is 6.12. The van der Waals surface area contributed by atoms with E-state index in [0.29, 0.717) is 6.61 Å². The molecule has 2 rings (SSSR count). The van der Waals surface area contributed by atoms with Crippen molar-refractivity contribution >= 4 is 5.97 Å². The zero-order valence-electron chi connectivity index (χ0n) is 10.7. The third-order valence-electron chi connectivity index (χ3n) is 2.72. The van der Waals surface area contributed by atoms with Crippen LogP contribution in [0.4, 0.5) is 0 Å². The van der Waals surface area contributed by atoms with Crippen molar-refractivity contribution in [3.63, 3.8) is 0 Å². The number of aromatic nitrogens is 2. The van der Waals surface area contributed by atoms with E-state index in [0.717, 1.165) is 23.4 Å². The fourth-order valence-corrected chi connectivity index (χ4v) is 1.69. The Morgan fingerprint density at radius 1 is 1.32 bits per heavy atom. The predicted octanol–water partition coefficient (Wildman–Crippen LogP) is 2.11. The van der Waals surface area contributed by atoms with E-state index in [9.17, 15) is 4.79 Å². The van der Waals surface area contributed by atoms with Crippen LogP contribution in [0.1, 0.15) is 18.1 Å². The third kappa shape index (κ3) is 3.84. The van der Waals surface area contributed by atoms with Crippen molar-refractivity contribution in [2.45, 2.75) is 26.5 Å². The molecule has 0 bridgehead atoms. The van der Waals surface area contributed by atoms with Gasteiger partial charge in [-0.15, -0.1) is 0 Å². The van der Waals surface area contributed by atoms with Crippen LogP contribution in [0.25, 0.3) is 0 Å². The zero-order chi connectivity index (χ0) is 13.7. The summed E-state index contributed by atoms with van der Waals surface area (Å²) in [5.74, 6) is -0.0903. The summed E-state index contributed by atoms with van der Waals surface area (Å²) in [4.78, 5) is 10.6. The summed E-state index contributed by atoms with van der Waals surface area (Å²) >= 11 is 0. The van der Waals surface area contributed by atoms with Crippen LogP contribution in [0.3, 0.4) is 0 Å². The SMILES string of the molecule is CCn1cc(OCc2ccc(CC(=O)O)cc2)cn1. The van der Waals surface area contributed by atoms with E-state index in [-0.39, 0.29) is 6.42 Å². The number of hydrogen-bond acceptors (Lipinski definition) is 3. The molecule has 1 aromatic carbocycles. The number of benzene rings is 1. The van der Waals surface area contributed by atoms with Gasteiger partial charge < -0.3 is 9.84 Å². The van der Waals surface area contributed by atoms with Crippen LogP contribution in [-0.2, 0) is 24.4 Å². The first-order chi connectivity index (χ1) is 9.17. The van der Waals surface area contributed by atoms with E-state index >= 15 is 0 Å². The maximum atomic E-state index is 10.6. The molecule has 0 spiro atoms. The van der Waals surface area contributed by atoms with Gasteiger partial charge in [-0.05, 0) is 18.1 Å². The Balaban J connectivity index is 1.90. The number of carboxylic acids is 1. The summed E-state index contributed by atoms with van der Waals surface area (Å²) in [5, 5.41) is 12.8. The number of nitrogens with zero attached hydrogens (tertiary/aromatic N) is 2. The topological polar surface area (TPSA) is 64.3 Å². The normalized spacial score (nSPS) is 10.4. The van der Waals surface area contributed by atoms with E-state index in [2.05, 4.69) is 5.10 Å². The smallest absolute Gasteiger partial charge is 0.307 e. The van der Waals surface area contributed by atoms with Gasteiger partial charge >= 0.3 is 5.97 Å². The van der Waals surface area contributed by atoms with Gasteiger partial charge in [0, 0.05) is 6.54 Å². The number of aryl methyl sites for hydroxylation is 1. The molecule has 0 aliphatic carbocycles. The Morgan fingerprint density at radius 2 is 2.00 bits per heavy atom. The van der Waals surface area contributed by atoms with Crippen LogP contribution in [0.5, 0.6) is 5.75 Å². The number of aliphatic carboxylic acids is 1. The molecule has 0 aliphatic rings. The molecule has 0 atom stereocenters. The number of ether oxygens (including phenoxy) is 1. The molecule has 5 heteroatoms. The molecule has 1 heterocycles. The molecule has 1 aromatic heterocycles. The van der Waals surface area contributed by atoms with Crippen LogP contribution in [-0.4, -0.2) is 20.9 Å². The van der Waals surface area contributed by atoms with Crippen LogP contribution in [0.2, 0.25) is 0 Å².